The summed E-state index contributed by atoms with van der Waals surface area (Å²) in [6.45, 7) is 13.3. The van der Waals surface area contributed by atoms with Gasteiger partial charge < -0.3 is 20.4 Å². The second-order valence-corrected chi connectivity index (χ2v) is 14.6. The molecule has 35 heavy (non-hydrogen) atoms. The molecule has 0 heterocycles. The summed E-state index contributed by atoms with van der Waals surface area (Å²) < 4.78 is 0. The molecule has 9 atom stereocenters. The molecule has 5 aliphatic rings. The van der Waals surface area contributed by atoms with E-state index in [0.29, 0.717) is 6.42 Å². The molecule has 0 radical (unpaired) electrons. The fraction of sp³-hybridized carbons (Fsp3) is 0.833. The Labute approximate surface area is 210 Å². The van der Waals surface area contributed by atoms with E-state index < -0.39 is 29.0 Å². The lowest BCUT2D eigenvalue weighted by Gasteiger charge is -2.69. The second kappa shape index (κ2) is 7.45. The Hall–Kier alpha value is -1.17. The summed E-state index contributed by atoms with van der Waals surface area (Å²) >= 11 is 0. The Morgan fingerprint density at radius 2 is 1.63 bits per heavy atom. The van der Waals surface area contributed by atoms with Gasteiger partial charge >= 0.3 is 5.97 Å². The zero-order valence-electron chi connectivity index (χ0n) is 22.5. The molecule has 3 fully saturated rings. The van der Waals surface area contributed by atoms with Crippen LogP contribution >= 0.6 is 0 Å². The average molecular weight is 487 g/mol. The van der Waals surface area contributed by atoms with Crippen molar-refractivity contribution in [3.05, 3.63) is 23.3 Å². The van der Waals surface area contributed by atoms with Crippen molar-refractivity contribution in [2.24, 2.45) is 44.3 Å². The number of allylic oxidation sites excluding steroid dienone is 3. The predicted octanol–water partition coefficient (Wildman–Crippen LogP) is 5.10. The smallest absolute Gasteiger partial charge is 0.310 e. The summed E-state index contributed by atoms with van der Waals surface area (Å²) in [6.07, 6.45) is 9.26. The molecule has 0 unspecified atom stereocenters. The highest BCUT2D eigenvalue weighted by molar-refractivity contribution is 5.76. The van der Waals surface area contributed by atoms with E-state index in [1.807, 2.05) is 6.92 Å². The highest BCUT2D eigenvalue weighted by Crippen LogP contribution is 2.74. The number of aliphatic carboxylic acids is 1. The topological polar surface area (TPSA) is 98.0 Å². The zero-order valence-corrected chi connectivity index (χ0v) is 22.5. The summed E-state index contributed by atoms with van der Waals surface area (Å²) in [5.41, 5.74) is 0.581. The van der Waals surface area contributed by atoms with E-state index in [9.17, 15) is 25.2 Å². The van der Waals surface area contributed by atoms with Crippen molar-refractivity contribution >= 4 is 5.97 Å². The third-order valence-electron chi connectivity index (χ3n) is 12.5. The van der Waals surface area contributed by atoms with Gasteiger partial charge in [0.25, 0.3) is 0 Å². The minimum absolute atomic E-state index is 0.0694. The number of carbonyl (C=O) groups is 1. The molecule has 0 aromatic carbocycles. The molecule has 5 heteroatoms. The van der Waals surface area contributed by atoms with E-state index in [1.165, 1.54) is 5.57 Å². The molecule has 5 nitrogen and oxygen atoms in total. The molecular weight excluding hydrogens is 440 g/mol. The summed E-state index contributed by atoms with van der Waals surface area (Å²) in [4.78, 5) is 12.8. The van der Waals surface area contributed by atoms with Crippen molar-refractivity contribution in [1.29, 1.82) is 0 Å². The molecule has 196 valence electrons. The SMILES string of the molecule is CC1(C)CC[C@]2(C(=O)O)CC[C@]3(C)C(=CC[C@@H]4[C@@]5(C)C[C@H](O)[C@H](O)[C@@](C)(CO)C5=CC[C@]43C)[C@@H]2C1. The number of carboxylic acid groups (broad SMARTS) is 1. The van der Waals surface area contributed by atoms with Gasteiger partial charge in [0, 0.05) is 5.41 Å². The fourth-order valence-corrected chi connectivity index (χ4v) is 10.0. The van der Waals surface area contributed by atoms with Crippen LogP contribution < -0.4 is 0 Å². The highest BCUT2D eigenvalue weighted by Gasteiger charge is 2.68. The summed E-state index contributed by atoms with van der Waals surface area (Å²) in [5, 5.41) is 42.7. The number of hydrogen-bond donors (Lipinski definition) is 4. The third kappa shape index (κ3) is 3.01. The lowest BCUT2D eigenvalue weighted by Crippen LogP contribution is -2.64. The molecule has 0 amide bonds. The summed E-state index contributed by atoms with van der Waals surface area (Å²) in [7, 11) is 0. The minimum atomic E-state index is -0.975. The Kier molecular flexibility index (Phi) is 5.42. The first-order valence-electron chi connectivity index (χ1n) is 13.7. The quantitative estimate of drug-likeness (QED) is 0.407. The number of rotatable bonds is 2. The number of fused-ring (bicyclic) bond motifs is 7. The van der Waals surface area contributed by atoms with Crippen LogP contribution in [0.4, 0.5) is 0 Å². The molecule has 4 N–H and O–H groups in total. The van der Waals surface area contributed by atoms with Gasteiger partial charge in [-0.3, -0.25) is 4.79 Å². The van der Waals surface area contributed by atoms with Gasteiger partial charge in [-0.25, -0.2) is 0 Å². The van der Waals surface area contributed by atoms with Gasteiger partial charge in [0.05, 0.1) is 24.2 Å². The normalized spacial score (nSPS) is 52.7. The molecule has 5 aliphatic carbocycles. The average Bonchev–Trinajstić information content (AvgIpc) is 2.77. The molecule has 3 saturated carbocycles. The lowest BCUT2D eigenvalue weighted by atomic mass is 9.35. The molecule has 0 bridgehead atoms. The van der Waals surface area contributed by atoms with Crippen LogP contribution in [0.1, 0.15) is 92.9 Å². The Bertz CT molecular complexity index is 997. The van der Waals surface area contributed by atoms with Crippen molar-refractivity contribution in [2.75, 3.05) is 6.61 Å². The van der Waals surface area contributed by atoms with Gasteiger partial charge in [-0.1, -0.05) is 64.8 Å². The fourth-order valence-electron chi connectivity index (χ4n) is 10.0. The summed E-state index contributed by atoms with van der Waals surface area (Å²) in [5.74, 6) is -0.292. The van der Waals surface area contributed by atoms with Crippen LogP contribution in [0.2, 0.25) is 0 Å². The van der Waals surface area contributed by atoms with Gasteiger partial charge in [0.2, 0.25) is 0 Å². The Morgan fingerprint density at radius 1 is 0.971 bits per heavy atom. The molecular formula is C30H46O5. The van der Waals surface area contributed by atoms with E-state index in [2.05, 4.69) is 46.8 Å². The largest absolute Gasteiger partial charge is 0.481 e. The first-order chi connectivity index (χ1) is 16.1. The maximum absolute atomic E-state index is 12.8. The van der Waals surface area contributed by atoms with Crippen molar-refractivity contribution in [3.8, 4) is 0 Å². The van der Waals surface area contributed by atoms with E-state index >= 15 is 0 Å². The number of carboxylic acids is 1. The van der Waals surface area contributed by atoms with Crippen LogP contribution in [-0.4, -0.2) is 45.2 Å². The molecule has 0 aromatic heterocycles. The van der Waals surface area contributed by atoms with E-state index in [0.717, 1.165) is 50.5 Å². The zero-order chi connectivity index (χ0) is 25.8. The minimum Gasteiger partial charge on any atom is -0.481 e. The van der Waals surface area contributed by atoms with E-state index in [4.69, 9.17) is 0 Å². The molecule has 0 aliphatic heterocycles. The second-order valence-electron chi connectivity index (χ2n) is 14.6. The Balaban J connectivity index is 1.63. The summed E-state index contributed by atoms with van der Waals surface area (Å²) in [6, 6.07) is 0. The van der Waals surface area contributed by atoms with Crippen molar-refractivity contribution in [3.63, 3.8) is 0 Å². The van der Waals surface area contributed by atoms with Gasteiger partial charge in [0.15, 0.2) is 0 Å². The Morgan fingerprint density at radius 3 is 2.26 bits per heavy atom. The van der Waals surface area contributed by atoms with Gasteiger partial charge in [-0.15, -0.1) is 0 Å². The predicted molar refractivity (Wildman–Crippen MR) is 135 cm³/mol. The van der Waals surface area contributed by atoms with Crippen molar-refractivity contribution < 1.29 is 25.2 Å². The lowest BCUT2D eigenvalue weighted by molar-refractivity contribution is -0.171. The standard InChI is InChI=1S/C30H46O5/c1-25(2)11-13-30(24(34)35)14-12-28(5)18(19(30)15-25)7-8-22-26(3)16-20(32)23(33)27(4,17-31)21(26)9-10-29(22,28)6/h7,9,19-20,22-23,31-33H,8,10-17H2,1-6H3,(H,34,35)/t19-,20-,22+,23-,26-,27-,28+,29+,30-/m0/s1. The monoisotopic (exact) mass is 486 g/mol. The number of aliphatic hydroxyl groups is 3. The number of aliphatic hydroxyl groups excluding tert-OH is 3. The van der Waals surface area contributed by atoms with Gasteiger partial charge in [0.1, 0.15) is 0 Å². The van der Waals surface area contributed by atoms with Crippen LogP contribution in [0.25, 0.3) is 0 Å². The van der Waals surface area contributed by atoms with E-state index in [-0.39, 0.29) is 40.1 Å². The molecule has 0 saturated heterocycles. The van der Waals surface area contributed by atoms with Crippen LogP contribution in [0, 0.1) is 44.3 Å². The van der Waals surface area contributed by atoms with Crippen LogP contribution in [0.3, 0.4) is 0 Å². The van der Waals surface area contributed by atoms with Crippen molar-refractivity contribution in [1.82, 2.24) is 0 Å². The first-order valence-corrected chi connectivity index (χ1v) is 13.7. The molecule has 0 aromatic rings. The van der Waals surface area contributed by atoms with Crippen LogP contribution in [0.5, 0.6) is 0 Å². The van der Waals surface area contributed by atoms with Gasteiger partial charge in [-0.2, -0.15) is 0 Å². The molecule has 0 spiro atoms. The number of hydrogen-bond acceptors (Lipinski definition) is 4. The van der Waals surface area contributed by atoms with Gasteiger partial charge in [-0.05, 0) is 84.9 Å². The van der Waals surface area contributed by atoms with Crippen LogP contribution in [0.15, 0.2) is 23.3 Å². The molecule has 5 rings (SSSR count). The van der Waals surface area contributed by atoms with Crippen LogP contribution in [-0.2, 0) is 4.79 Å². The first kappa shape index (κ1) is 25.5. The third-order valence-corrected chi connectivity index (χ3v) is 12.5. The maximum atomic E-state index is 12.8. The van der Waals surface area contributed by atoms with E-state index in [1.54, 1.807) is 0 Å². The highest BCUT2D eigenvalue weighted by atomic mass is 16.4. The maximum Gasteiger partial charge on any atom is 0.310 e. The van der Waals surface area contributed by atoms with Crippen molar-refractivity contribution in [2.45, 2.75) is 105 Å².